The molecule has 1 atom stereocenters. The third kappa shape index (κ3) is 7.52. The maximum Gasteiger partial charge on any atom is 0.191 e. The number of guanidine groups is 1. The lowest BCUT2D eigenvalue weighted by atomic mass is 10.3. The molecule has 20 heavy (non-hydrogen) atoms. The van der Waals surface area contributed by atoms with Gasteiger partial charge in [0.25, 0.3) is 0 Å². The second kappa shape index (κ2) is 9.79. The highest BCUT2D eigenvalue weighted by molar-refractivity contribution is 14.0. The van der Waals surface area contributed by atoms with Crippen LogP contribution in [-0.2, 0) is 0 Å². The van der Waals surface area contributed by atoms with Crippen molar-refractivity contribution in [1.82, 2.24) is 10.6 Å². The average molecular weight is 395 g/mol. The number of halogens is 2. The molecule has 0 amide bonds. The van der Waals surface area contributed by atoms with Gasteiger partial charge in [-0.2, -0.15) is 0 Å². The van der Waals surface area contributed by atoms with Crippen LogP contribution >= 0.6 is 24.0 Å². The Bertz CT molecular complexity index is 409. The molecule has 0 aliphatic carbocycles. The number of nitrogens with zero attached hydrogens (tertiary/aromatic N) is 1. The van der Waals surface area contributed by atoms with Gasteiger partial charge >= 0.3 is 0 Å². The monoisotopic (exact) mass is 395 g/mol. The molecular formula is C14H23FIN3O. The highest BCUT2D eigenvalue weighted by Gasteiger charge is 2.06. The van der Waals surface area contributed by atoms with Gasteiger partial charge in [0.05, 0.1) is 6.54 Å². The van der Waals surface area contributed by atoms with E-state index in [4.69, 9.17) is 4.74 Å². The van der Waals surface area contributed by atoms with E-state index in [0.717, 1.165) is 5.96 Å². The predicted octanol–water partition coefficient (Wildman–Crippen LogP) is 2.78. The molecule has 0 saturated heterocycles. The summed E-state index contributed by atoms with van der Waals surface area (Å²) in [5.41, 5.74) is 0. The lowest BCUT2D eigenvalue weighted by Crippen LogP contribution is -2.44. The summed E-state index contributed by atoms with van der Waals surface area (Å²) in [6, 6.07) is 6.32. The first-order valence-corrected chi connectivity index (χ1v) is 6.40. The Balaban J connectivity index is 0.00000361. The van der Waals surface area contributed by atoms with E-state index in [9.17, 15) is 4.39 Å². The number of rotatable bonds is 5. The van der Waals surface area contributed by atoms with Crippen molar-refractivity contribution >= 4 is 29.9 Å². The molecule has 0 heterocycles. The maximum absolute atomic E-state index is 12.8. The Kier molecular flexibility index (Phi) is 9.28. The fourth-order valence-corrected chi connectivity index (χ4v) is 1.50. The van der Waals surface area contributed by atoms with Crippen molar-refractivity contribution in [2.45, 2.75) is 32.9 Å². The summed E-state index contributed by atoms with van der Waals surface area (Å²) in [7, 11) is 1.73. The average Bonchev–Trinajstić information content (AvgIpc) is 2.37. The molecule has 6 heteroatoms. The highest BCUT2D eigenvalue weighted by Crippen LogP contribution is 2.12. The lowest BCUT2D eigenvalue weighted by molar-refractivity contribution is 0.223. The van der Waals surface area contributed by atoms with Crippen LogP contribution < -0.4 is 15.4 Å². The number of nitrogens with one attached hydrogen (secondary N) is 2. The Morgan fingerprint density at radius 1 is 1.25 bits per heavy atom. The van der Waals surface area contributed by atoms with E-state index in [2.05, 4.69) is 15.6 Å². The Hall–Kier alpha value is -1.05. The molecule has 1 unspecified atom stereocenters. The molecule has 1 aromatic rings. The molecule has 114 valence electrons. The number of hydrogen-bond donors (Lipinski definition) is 2. The van der Waals surface area contributed by atoms with Gasteiger partial charge in [-0.05, 0) is 45.0 Å². The van der Waals surface area contributed by atoms with E-state index in [1.807, 2.05) is 20.8 Å². The first-order chi connectivity index (χ1) is 9.01. The van der Waals surface area contributed by atoms with Crippen LogP contribution in [0.1, 0.15) is 20.8 Å². The topological polar surface area (TPSA) is 45.7 Å². The molecular weight excluding hydrogens is 372 g/mol. The third-order valence-electron chi connectivity index (χ3n) is 2.36. The van der Waals surface area contributed by atoms with Gasteiger partial charge < -0.3 is 15.4 Å². The van der Waals surface area contributed by atoms with Crippen LogP contribution in [0.3, 0.4) is 0 Å². The first-order valence-electron chi connectivity index (χ1n) is 6.40. The summed E-state index contributed by atoms with van der Waals surface area (Å²) in [5, 5.41) is 6.36. The Morgan fingerprint density at radius 3 is 2.35 bits per heavy atom. The number of hydrogen-bond acceptors (Lipinski definition) is 2. The summed E-state index contributed by atoms with van der Waals surface area (Å²) < 4.78 is 18.4. The zero-order valence-electron chi connectivity index (χ0n) is 12.3. The molecule has 1 aromatic carbocycles. The molecule has 0 radical (unpaired) electrons. The van der Waals surface area contributed by atoms with Gasteiger partial charge in [0.1, 0.15) is 17.7 Å². The molecule has 0 aliphatic heterocycles. The lowest BCUT2D eigenvalue weighted by Gasteiger charge is -2.18. The van der Waals surface area contributed by atoms with Crippen molar-refractivity contribution in [3.63, 3.8) is 0 Å². The minimum Gasteiger partial charge on any atom is -0.489 e. The second-order valence-electron chi connectivity index (χ2n) is 4.63. The van der Waals surface area contributed by atoms with E-state index in [-0.39, 0.29) is 35.9 Å². The van der Waals surface area contributed by atoms with Crippen LogP contribution in [0.2, 0.25) is 0 Å². The van der Waals surface area contributed by atoms with Crippen molar-refractivity contribution in [2.75, 3.05) is 13.6 Å². The fourth-order valence-electron chi connectivity index (χ4n) is 1.50. The molecule has 0 aromatic heterocycles. The van der Waals surface area contributed by atoms with Crippen LogP contribution in [0.4, 0.5) is 4.39 Å². The van der Waals surface area contributed by atoms with Crippen LogP contribution in [0.5, 0.6) is 5.75 Å². The Morgan fingerprint density at radius 2 is 1.85 bits per heavy atom. The minimum atomic E-state index is -0.264. The number of ether oxygens (including phenoxy) is 1. The molecule has 1 rings (SSSR count). The smallest absolute Gasteiger partial charge is 0.191 e. The van der Waals surface area contributed by atoms with E-state index in [1.165, 1.54) is 12.1 Å². The van der Waals surface area contributed by atoms with Gasteiger partial charge in [-0.15, -0.1) is 24.0 Å². The largest absolute Gasteiger partial charge is 0.489 e. The van der Waals surface area contributed by atoms with Crippen molar-refractivity contribution in [2.24, 2.45) is 4.99 Å². The summed E-state index contributed by atoms with van der Waals surface area (Å²) in [6.45, 7) is 6.65. The highest BCUT2D eigenvalue weighted by atomic mass is 127. The van der Waals surface area contributed by atoms with Gasteiger partial charge in [-0.25, -0.2) is 4.39 Å². The van der Waals surface area contributed by atoms with Crippen LogP contribution in [0.25, 0.3) is 0 Å². The Labute approximate surface area is 137 Å². The SMILES string of the molecule is CN=C(NCC(C)Oc1ccc(F)cc1)NC(C)C.I. The third-order valence-corrected chi connectivity index (χ3v) is 2.36. The molecule has 0 saturated carbocycles. The van der Waals surface area contributed by atoms with Crippen LogP contribution in [0.15, 0.2) is 29.3 Å². The van der Waals surface area contributed by atoms with Gasteiger partial charge in [-0.3, -0.25) is 4.99 Å². The normalized spacial score (nSPS) is 12.6. The fraction of sp³-hybridized carbons (Fsp3) is 0.500. The first kappa shape index (κ1) is 18.9. The minimum absolute atomic E-state index is 0. The van der Waals surface area contributed by atoms with E-state index in [1.54, 1.807) is 19.2 Å². The zero-order chi connectivity index (χ0) is 14.3. The molecule has 0 spiro atoms. The standard InChI is InChI=1S/C14H22FN3O.HI/c1-10(2)18-14(16-4)17-9-11(3)19-13-7-5-12(15)6-8-13;/h5-8,10-11H,9H2,1-4H3,(H2,16,17,18);1H. The molecule has 0 fully saturated rings. The number of aliphatic imine (C=N–C) groups is 1. The molecule has 4 nitrogen and oxygen atoms in total. The number of benzene rings is 1. The van der Waals surface area contributed by atoms with Gasteiger partial charge in [0.2, 0.25) is 0 Å². The quantitative estimate of drug-likeness (QED) is 0.458. The van der Waals surface area contributed by atoms with Crippen molar-refractivity contribution in [1.29, 1.82) is 0 Å². The van der Waals surface area contributed by atoms with Crippen molar-refractivity contribution in [3.05, 3.63) is 30.1 Å². The van der Waals surface area contributed by atoms with Crippen LogP contribution in [-0.4, -0.2) is 31.7 Å². The summed E-state index contributed by atoms with van der Waals surface area (Å²) >= 11 is 0. The maximum atomic E-state index is 12.8. The van der Waals surface area contributed by atoms with E-state index >= 15 is 0 Å². The molecule has 0 bridgehead atoms. The summed E-state index contributed by atoms with van der Waals surface area (Å²) in [4.78, 5) is 4.11. The summed E-state index contributed by atoms with van der Waals surface area (Å²) in [6.07, 6.45) is -0.0452. The molecule has 2 N–H and O–H groups in total. The zero-order valence-corrected chi connectivity index (χ0v) is 14.6. The van der Waals surface area contributed by atoms with Crippen LogP contribution in [0, 0.1) is 5.82 Å². The van der Waals surface area contributed by atoms with E-state index < -0.39 is 0 Å². The van der Waals surface area contributed by atoms with Crippen molar-refractivity contribution in [3.8, 4) is 5.75 Å². The van der Waals surface area contributed by atoms with Gasteiger partial charge in [0, 0.05) is 13.1 Å². The van der Waals surface area contributed by atoms with Gasteiger partial charge in [0.15, 0.2) is 5.96 Å². The molecule has 0 aliphatic rings. The van der Waals surface area contributed by atoms with E-state index in [0.29, 0.717) is 18.3 Å². The van der Waals surface area contributed by atoms with Gasteiger partial charge in [-0.1, -0.05) is 0 Å². The van der Waals surface area contributed by atoms with Crippen molar-refractivity contribution < 1.29 is 9.13 Å². The summed E-state index contributed by atoms with van der Waals surface area (Å²) in [5.74, 6) is 1.13. The predicted molar refractivity (Wildman–Crippen MR) is 91.5 cm³/mol. The second-order valence-corrected chi connectivity index (χ2v) is 4.63.